The standard InChI is InChI=1S/C16H32N2O/c1-12(2)7-14-10-18(16(11-19)9-17-14)15-6-4-5-13(3)8-15/h12-17,19H,4-11H2,1-3H3. The lowest BCUT2D eigenvalue weighted by Crippen LogP contribution is -2.61. The van der Waals surface area contributed by atoms with Crippen LogP contribution in [0, 0.1) is 11.8 Å². The number of rotatable bonds is 4. The highest BCUT2D eigenvalue weighted by molar-refractivity contribution is 4.91. The molecule has 0 aromatic rings. The van der Waals surface area contributed by atoms with Crippen LogP contribution in [0.3, 0.4) is 0 Å². The minimum atomic E-state index is 0.298. The second-order valence-electron chi connectivity index (χ2n) is 7.19. The SMILES string of the molecule is CC(C)CC1CN(C2CCCC(C)C2)C(CO)CN1. The lowest BCUT2D eigenvalue weighted by atomic mass is 9.84. The molecule has 4 unspecified atom stereocenters. The summed E-state index contributed by atoms with van der Waals surface area (Å²) in [4.78, 5) is 2.62. The average Bonchev–Trinajstić information content (AvgIpc) is 2.38. The van der Waals surface area contributed by atoms with Gasteiger partial charge in [-0.15, -0.1) is 0 Å². The third-order valence-electron chi connectivity index (χ3n) is 4.89. The van der Waals surface area contributed by atoms with E-state index in [9.17, 15) is 5.11 Å². The predicted octanol–water partition coefficient (Wildman–Crippen LogP) is 2.25. The predicted molar refractivity (Wildman–Crippen MR) is 80.2 cm³/mol. The second-order valence-corrected chi connectivity index (χ2v) is 7.19. The van der Waals surface area contributed by atoms with Gasteiger partial charge in [0.25, 0.3) is 0 Å². The molecule has 3 nitrogen and oxygen atoms in total. The van der Waals surface area contributed by atoms with E-state index in [0.29, 0.717) is 24.7 Å². The van der Waals surface area contributed by atoms with Gasteiger partial charge in [0.1, 0.15) is 0 Å². The van der Waals surface area contributed by atoms with Crippen molar-refractivity contribution in [3.8, 4) is 0 Å². The van der Waals surface area contributed by atoms with Crippen molar-refractivity contribution in [1.82, 2.24) is 10.2 Å². The summed E-state index contributed by atoms with van der Waals surface area (Å²) < 4.78 is 0. The van der Waals surface area contributed by atoms with Gasteiger partial charge < -0.3 is 10.4 Å². The highest BCUT2D eigenvalue weighted by Crippen LogP contribution is 2.29. The first-order valence-corrected chi connectivity index (χ1v) is 8.20. The molecule has 1 saturated carbocycles. The zero-order valence-corrected chi connectivity index (χ0v) is 12.9. The van der Waals surface area contributed by atoms with Crippen LogP contribution in [0.5, 0.6) is 0 Å². The highest BCUT2D eigenvalue weighted by atomic mass is 16.3. The summed E-state index contributed by atoms with van der Waals surface area (Å²) in [6.45, 7) is 9.36. The molecule has 2 rings (SSSR count). The maximum Gasteiger partial charge on any atom is 0.0599 e. The van der Waals surface area contributed by atoms with Crippen molar-refractivity contribution in [2.75, 3.05) is 19.7 Å². The van der Waals surface area contributed by atoms with Gasteiger partial charge in [0.15, 0.2) is 0 Å². The Balaban J connectivity index is 1.96. The van der Waals surface area contributed by atoms with Crippen molar-refractivity contribution in [2.45, 2.75) is 71.0 Å². The summed E-state index contributed by atoms with van der Waals surface area (Å²) >= 11 is 0. The smallest absolute Gasteiger partial charge is 0.0599 e. The first kappa shape index (κ1) is 15.3. The van der Waals surface area contributed by atoms with Crippen LogP contribution in [0.25, 0.3) is 0 Å². The molecule has 0 aromatic carbocycles. The Labute approximate surface area is 118 Å². The van der Waals surface area contributed by atoms with Crippen LogP contribution < -0.4 is 5.32 Å². The maximum atomic E-state index is 9.64. The van der Waals surface area contributed by atoms with Gasteiger partial charge in [0.2, 0.25) is 0 Å². The van der Waals surface area contributed by atoms with Crippen molar-refractivity contribution in [3.63, 3.8) is 0 Å². The van der Waals surface area contributed by atoms with Crippen LogP contribution >= 0.6 is 0 Å². The first-order valence-electron chi connectivity index (χ1n) is 8.20. The monoisotopic (exact) mass is 268 g/mol. The molecule has 2 N–H and O–H groups in total. The van der Waals surface area contributed by atoms with E-state index in [1.165, 1.54) is 32.1 Å². The third kappa shape index (κ3) is 4.17. The summed E-state index contributed by atoms with van der Waals surface area (Å²) in [5.74, 6) is 1.60. The van der Waals surface area contributed by atoms with E-state index in [0.717, 1.165) is 24.9 Å². The number of hydrogen-bond donors (Lipinski definition) is 2. The molecule has 0 bridgehead atoms. The number of nitrogens with one attached hydrogen (secondary N) is 1. The van der Waals surface area contributed by atoms with Crippen molar-refractivity contribution < 1.29 is 5.11 Å². The fraction of sp³-hybridized carbons (Fsp3) is 1.00. The first-order chi connectivity index (χ1) is 9.10. The Morgan fingerprint density at radius 3 is 2.74 bits per heavy atom. The van der Waals surface area contributed by atoms with Crippen molar-refractivity contribution in [2.24, 2.45) is 11.8 Å². The van der Waals surface area contributed by atoms with E-state index >= 15 is 0 Å². The summed E-state index contributed by atoms with van der Waals surface area (Å²) in [5.41, 5.74) is 0. The molecule has 4 atom stereocenters. The van der Waals surface area contributed by atoms with Crippen LogP contribution in [0.15, 0.2) is 0 Å². The van der Waals surface area contributed by atoms with Crippen LogP contribution in [0.1, 0.15) is 52.9 Å². The quantitative estimate of drug-likeness (QED) is 0.821. The molecule has 0 spiro atoms. The third-order valence-corrected chi connectivity index (χ3v) is 4.89. The molecule has 3 heteroatoms. The molecule has 2 fully saturated rings. The number of hydrogen-bond acceptors (Lipinski definition) is 3. The fourth-order valence-corrected chi connectivity index (χ4v) is 3.93. The molecule has 0 amide bonds. The van der Waals surface area contributed by atoms with Gasteiger partial charge in [-0.05, 0) is 31.1 Å². The molecule has 0 radical (unpaired) electrons. The Hall–Kier alpha value is -0.120. The van der Waals surface area contributed by atoms with Gasteiger partial charge in [-0.2, -0.15) is 0 Å². The Morgan fingerprint density at radius 2 is 2.11 bits per heavy atom. The zero-order valence-electron chi connectivity index (χ0n) is 12.9. The van der Waals surface area contributed by atoms with Crippen molar-refractivity contribution >= 4 is 0 Å². The molecular weight excluding hydrogens is 236 g/mol. The second kappa shape index (κ2) is 7.05. The van der Waals surface area contributed by atoms with Crippen LogP contribution in [-0.2, 0) is 0 Å². The van der Waals surface area contributed by atoms with Gasteiger partial charge in [-0.3, -0.25) is 4.90 Å². The molecule has 1 saturated heterocycles. The van der Waals surface area contributed by atoms with Gasteiger partial charge in [0, 0.05) is 31.2 Å². The maximum absolute atomic E-state index is 9.64. The number of aliphatic hydroxyl groups excluding tert-OH is 1. The summed E-state index contributed by atoms with van der Waals surface area (Å²) in [6, 6.07) is 1.65. The van der Waals surface area contributed by atoms with E-state index in [1.54, 1.807) is 0 Å². The molecule has 112 valence electrons. The molecule has 1 heterocycles. The van der Waals surface area contributed by atoms with Gasteiger partial charge >= 0.3 is 0 Å². The lowest BCUT2D eigenvalue weighted by Gasteiger charge is -2.46. The van der Waals surface area contributed by atoms with Crippen molar-refractivity contribution in [1.29, 1.82) is 0 Å². The van der Waals surface area contributed by atoms with Gasteiger partial charge in [0.05, 0.1) is 6.61 Å². The van der Waals surface area contributed by atoms with Gasteiger partial charge in [-0.25, -0.2) is 0 Å². The lowest BCUT2D eigenvalue weighted by molar-refractivity contribution is 0.0203. The summed E-state index contributed by atoms with van der Waals surface area (Å²) in [5, 5.41) is 13.3. The summed E-state index contributed by atoms with van der Waals surface area (Å²) in [7, 11) is 0. The number of aliphatic hydroxyl groups is 1. The molecule has 19 heavy (non-hydrogen) atoms. The van der Waals surface area contributed by atoms with E-state index in [4.69, 9.17) is 0 Å². The average molecular weight is 268 g/mol. The zero-order chi connectivity index (χ0) is 13.8. The highest BCUT2D eigenvalue weighted by Gasteiger charge is 2.34. The Bertz CT molecular complexity index is 269. The van der Waals surface area contributed by atoms with E-state index < -0.39 is 0 Å². The van der Waals surface area contributed by atoms with Crippen LogP contribution in [0.2, 0.25) is 0 Å². The summed E-state index contributed by atoms with van der Waals surface area (Å²) in [6.07, 6.45) is 6.65. The van der Waals surface area contributed by atoms with E-state index in [2.05, 4.69) is 31.0 Å². The van der Waals surface area contributed by atoms with Crippen LogP contribution in [-0.4, -0.2) is 47.8 Å². The Kier molecular flexibility index (Phi) is 5.67. The van der Waals surface area contributed by atoms with Crippen molar-refractivity contribution in [3.05, 3.63) is 0 Å². The van der Waals surface area contributed by atoms with Gasteiger partial charge in [-0.1, -0.05) is 33.6 Å². The normalized spacial score (nSPS) is 37.7. The molecule has 1 aliphatic carbocycles. The number of piperazine rings is 1. The minimum absolute atomic E-state index is 0.298. The molecule has 0 aromatic heterocycles. The molecule has 1 aliphatic heterocycles. The topological polar surface area (TPSA) is 35.5 Å². The molecule has 2 aliphatic rings. The van der Waals surface area contributed by atoms with E-state index in [1.807, 2.05) is 0 Å². The fourth-order valence-electron chi connectivity index (χ4n) is 3.93. The molecular formula is C16H32N2O. The number of nitrogens with zero attached hydrogens (tertiary/aromatic N) is 1. The largest absolute Gasteiger partial charge is 0.395 e. The minimum Gasteiger partial charge on any atom is -0.395 e. The Morgan fingerprint density at radius 1 is 1.32 bits per heavy atom. The van der Waals surface area contributed by atoms with E-state index in [-0.39, 0.29) is 0 Å². The van der Waals surface area contributed by atoms with Crippen LogP contribution in [0.4, 0.5) is 0 Å².